The molecule has 0 fully saturated rings. The monoisotopic (exact) mass is 464 g/mol. The van der Waals surface area contributed by atoms with E-state index in [9.17, 15) is 4.79 Å². The van der Waals surface area contributed by atoms with Crippen molar-refractivity contribution in [3.8, 4) is 5.75 Å². The van der Waals surface area contributed by atoms with E-state index >= 15 is 0 Å². The lowest BCUT2D eigenvalue weighted by molar-refractivity contribution is -0.156. The highest BCUT2D eigenvalue weighted by Crippen LogP contribution is 2.29. The Balaban J connectivity index is 1.69. The number of benzene rings is 3. The van der Waals surface area contributed by atoms with Crippen LogP contribution in [-0.2, 0) is 20.7 Å². The minimum Gasteiger partial charge on any atom is -0.490 e. The number of esters is 1. The predicted octanol–water partition coefficient (Wildman–Crippen LogP) is 6.36. The summed E-state index contributed by atoms with van der Waals surface area (Å²) in [6.07, 6.45) is 1.89. The van der Waals surface area contributed by atoms with Crippen molar-refractivity contribution in [3.05, 3.63) is 107 Å². The Kier molecular flexibility index (Phi) is 9.55. The normalized spacial score (nSPS) is 12.3. The molecule has 3 aromatic carbocycles. The fraction of sp³-hybridized carbons (Fsp3) is 0.250. The lowest BCUT2D eigenvalue weighted by Crippen LogP contribution is -2.28. The number of halogens is 1. The number of hydrogen-bond acceptors (Lipinski definition) is 4. The highest BCUT2D eigenvalue weighted by Gasteiger charge is 2.20. The largest absolute Gasteiger partial charge is 0.490 e. The molecule has 0 aliphatic heterocycles. The zero-order chi connectivity index (χ0) is 23.5. The van der Waals surface area contributed by atoms with Crippen molar-refractivity contribution in [2.45, 2.75) is 26.4 Å². The van der Waals surface area contributed by atoms with Crippen LogP contribution in [-0.4, -0.2) is 31.9 Å². The molecule has 0 bridgehead atoms. The van der Waals surface area contributed by atoms with Crippen LogP contribution in [0.15, 0.2) is 84.9 Å². The summed E-state index contributed by atoms with van der Waals surface area (Å²) in [5.41, 5.74) is 4.04. The van der Waals surface area contributed by atoms with Crippen molar-refractivity contribution in [2.24, 2.45) is 0 Å². The van der Waals surface area contributed by atoms with E-state index in [0.717, 1.165) is 28.0 Å². The summed E-state index contributed by atoms with van der Waals surface area (Å²) in [5, 5.41) is 0.697. The average molecular weight is 465 g/mol. The van der Waals surface area contributed by atoms with Gasteiger partial charge in [0.15, 0.2) is 6.10 Å². The van der Waals surface area contributed by atoms with Gasteiger partial charge in [0.25, 0.3) is 0 Å². The zero-order valence-electron chi connectivity index (χ0n) is 19.0. The first-order chi connectivity index (χ1) is 16.1. The van der Waals surface area contributed by atoms with E-state index in [2.05, 4.69) is 12.1 Å². The van der Waals surface area contributed by atoms with Gasteiger partial charge >= 0.3 is 5.97 Å². The molecule has 1 unspecified atom stereocenters. The van der Waals surface area contributed by atoms with Gasteiger partial charge in [-0.1, -0.05) is 72.3 Å². The van der Waals surface area contributed by atoms with Gasteiger partial charge in [-0.05, 0) is 54.8 Å². The molecule has 5 heteroatoms. The van der Waals surface area contributed by atoms with Crippen LogP contribution >= 0.6 is 11.6 Å². The molecule has 0 amide bonds. The standard InChI is InChI=1S/C28H29ClO4/c1-3-31-27(28(30)32-4-2)20-21-14-16-23(17-15-21)33-19-18-24(22-10-6-5-7-11-22)25-12-8-9-13-26(25)29/h5-18,27H,3-4,19-20H2,1-2H3/b24-18-. The molecule has 0 radical (unpaired) electrons. The van der Waals surface area contributed by atoms with Crippen LogP contribution in [0.5, 0.6) is 5.75 Å². The highest BCUT2D eigenvalue weighted by atomic mass is 35.5. The van der Waals surface area contributed by atoms with Crippen molar-refractivity contribution >= 4 is 23.1 Å². The quantitative estimate of drug-likeness (QED) is 0.310. The van der Waals surface area contributed by atoms with E-state index in [1.165, 1.54) is 0 Å². The summed E-state index contributed by atoms with van der Waals surface area (Å²) in [4.78, 5) is 12.1. The van der Waals surface area contributed by atoms with Crippen molar-refractivity contribution in [3.63, 3.8) is 0 Å². The first kappa shape index (κ1) is 24.6. The second-order valence-corrected chi connectivity index (χ2v) is 7.73. The minimum atomic E-state index is -0.603. The van der Waals surface area contributed by atoms with Gasteiger partial charge in [0.05, 0.1) is 6.61 Å². The Bertz CT molecular complexity index is 1050. The summed E-state index contributed by atoms with van der Waals surface area (Å²) in [6.45, 7) is 4.83. The SMILES string of the molecule is CCOC(=O)C(Cc1ccc(OC/C=C(/c2ccccc2)c2ccccc2Cl)cc1)OCC. The second-order valence-electron chi connectivity index (χ2n) is 7.32. The minimum absolute atomic E-state index is 0.335. The van der Waals surface area contributed by atoms with Crippen molar-refractivity contribution in [2.75, 3.05) is 19.8 Å². The topological polar surface area (TPSA) is 44.8 Å². The molecule has 172 valence electrons. The van der Waals surface area contributed by atoms with Crippen molar-refractivity contribution in [1.29, 1.82) is 0 Å². The van der Waals surface area contributed by atoms with Gasteiger partial charge in [0.2, 0.25) is 0 Å². The van der Waals surface area contributed by atoms with E-state index in [4.69, 9.17) is 25.8 Å². The van der Waals surface area contributed by atoms with Crippen LogP contribution in [0.2, 0.25) is 5.02 Å². The van der Waals surface area contributed by atoms with Gasteiger partial charge in [0, 0.05) is 23.6 Å². The molecule has 0 aromatic heterocycles. The fourth-order valence-electron chi connectivity index (χ4n) is 3.48. The zero-order valence-corrected chi connectivity index (χ0v) is 19.8. The number of carbonyl (C=O) groups is 1. The molecular weight excluding hydrogens is 436 g/mol. The Labute approximate surface area is 200 Å². The Morgan fingerprint density at radius 2 is 1.61 bits per heavy atom. The van der Waals surface area contributed by atoms with Gasteiger partial charge in [-0.25, -0.2) is 4.79 Å². The number of hydrogen-bond donors (Lipinski definition) is 0. The molecule has 4 nitrogen and oxygen atoms in total. The third-order valence-corrected chi connectivity index (χ3v) is 5.38. The smallest absolute Gasteiger partial charge is 0.335 e. The van der Waals surface area contributed by atoms with Crippen LogP contribution in [0.25, 0.3) is 5.57 Å². The number of ether oxygens (including phenoxy) is 3. The van der Waals surface area contributed by atoms with Crippen molar-refractivity contribution in [1.82, 2.24) is 0 Å². The molecule has 3 aromatic rings. The molecule has 3 rings (SSSR count). The first-order valence-electron chi connectivity index (χ1n) is 11.1. The summed E-state index contributed by atoms with van der Waals surface area (Å²) < 4.78 is 16.6. The fourth-order valence-corrected chi connectivity index (χ4v) is 3.72. The van der Waals surface area contributed by atoms with Crippen LogP contribution in [0.3, 0.4) is 0 Å². The summed E-state index contributed by atoms with van der Waals surface area (Å²) >= 11 is 6.46. The van der Waals surface area contributed by atoms with Crippen LogP contribution in [0.1, 0.15) is 30.5 Å². The summed E-state index contributed by atoms with van der Waals surface area (Å²) in [7, 11) is 0. The average Bonchev–Trinajstić information content (AvgIpc) is 2.84. The third kappa shape index (κ3) is 7.21. The van der Waals surface area contributed by atoms with Gasteiger partial charge in [-0.3, -0.25) is 0 Å². The molecule has 0 aliphatic rings. The lowest BCUT2D eigenvalue weighted by Gasteiger charge is -2.16. The molecule has 0 heterocycles. The van der Waals surface area contributed by atoms with Crippen LogP contribution < -0.4 is 4.74 Å². The molecule has 33 heavy (non-hydrogen) atoms. The van der Waals surface area contributed by atoms with Gasteiger partial charge in [-0.2, -0.15) is 0 Å². The van der Waals surface area contributed by atoms with E-state index in [1.54, 1.807) is 6.92 Å². The maximum absolute atomic E-state index is 12.1. The van der Waals surface area contributed by atoms with E-state index < -0.39 is 6.10 Å². The number of rotatable bonds is 11. The van der Waals surface area contributed by atoms with Crippen molar-refractivity contribution < 1.29 is 19.0 Å². The molecule has 1 atom stereocenters. The molecule has 0 spiro atoms. The maximum atomic E-state index is 12.1. The van der Waals surface area contributed by atoms with Gasteiger partial charge < -0.3 is 14.2 Å². The van der Waals surface area contributed by atoms with E-state index in [-0.39, 0.29) is 5.97 Å². The third-order valence-electron chi connectivity index (χ3n) is 5.05. The Morgan fingerprint density at radius 1 is 0.909 bits per heavy atom. The lowest BCUT2D eigenvalue weighted by atomic mass is 9.97. The first-order valence-corrected chi connectivity index (χ1v) is 11.5. The van der Waals surface area contributed by atoms with Gasteiger partial charge in [-0.15, -0.1) is 0 Å². The maximum Gasteiger partial charge on any atom is 0.335 e. The summed E-state index contributed by atoms with van der Waals surface area (Å²) in [5.74, 6) is 0.406. The molecule has 0 N–H and O–H groups in total. The Hall–Kier alpha value is -3.08. The Morgan fingerprint density at radius 3 is 2.27 bits per heavy atom. The second kappa shape index (κ2) is 12.8. The van der Waals surface area contributed by atoms with Crippen LogP contribution in [0, 0.1) is 0 Å². The summed E-state index contributed by atoms with van der Waals surface area (Å²) in [6, 6.07) is 25.6. The highest BCUT2D eigenvalue weighted by molar-refractivity contribution is 6.32. The molecular formula is C28H29ClO4. The van der Waals surface area contributed by atoms with E-state index in [1.807, 2.05) is 79.7 Å². The predicted molar refractivity (Wildman–Crippen MR) is 133 cm³/mol. The number of carbonyl (C=O) groups excluding carboxylic acids is 1. The van der Waals surface area contributed by atoms with Crippen LogP contribution in [0.4, 0.5) is 0 Å². The van der Waals surface area contributed by atoms with E-state index in [0.29, 0.717) is 31.3 Å². The van der Waals surface area contributed by atoms with Gasteiger partial charge in [0.1, 0.15) is 12.4 Å². The molecule has 0 aliphatic carbocycles. The molecule has 0 saturated heterocycles. The molecule has 0 saturated carbocycles.